The molecule has 8 nitrogen and oxygen atoms in total. The first-order valence-corrected chi connectivity index (χ1v) is 13.8. The first-order chi connectivity index (χ1) is 17.3. The monoisotopic (exact) mass is 525 g/mol. The van der Waals surface area contributed by atoms with Crippen molar-refractivity contribution in [1.82, 2.24) is 9.97 Å². The summed E-state index contributed by atoms with van der Waals surface area (Å²) >= 11 is 1.41. The van der Waals surface area contributed by atoms with Crippen molar-refractivity contribution in [3.8, 4) is 11.5 Å². The van der Waals surface area contributed by atoms with Gasteiger partial charge >= 0.3 is 0 Å². The molecule has 2 aromatic carbocycles. The quantitative estimate of drug-likeness (QED) is 0.293. The van der Waals surface area contributed by atoms with Gasteiger partial charge in [0.05, 0.1) is 36.1 Å². The maximum atomic E-state index is 13.4. The lowest BCUT2D eigenvalue weighted by molar-refractivity contribution is -0.118. The molecule has 2 heterocycles. The molecule has 0 fully saturated rings. The minimum atomic E-state index is -3.53. The second-order valence-corrected chi connectivity index (χ2v) is 11.3. The van der Waals surface area contributed by atoms with Crippen LogP contribution in [0.15, 0.2) is 65.8 Å². The molecule has 0 spiro atoms. The van der Waals surface area contributed by atoms with Gasteiger partial charge in [0.2, 0.25) is 5.91 Å². The number of sulfone groups is 1. The van der Waals surface area contributed by atoms with Crippen LogP contribution in [0, 0.1) is 6.92 Å². The van der Waals surface area contributed by atoms with E-state index in [2.05, 4.69) is 4.98 Å². The van der Waals surface area contributed by atoms with Crippen LogP contribution in [0.5, 0.6) is 11.5 Å². The highest BCUT2D eigenvalue weighted by atomic mass is 32.2. The number of carbonyl (C=O) groups is 1. The van der Waals surface area contributed by atoms with E-state index in [1.165, 1.54) is 30.6 Å². The van der Waals surface area contributed by atoms with Gasteiger partial charge in [0.15, 0.2) is 15.0 Å². The number of amides is 1. The van der Waals surface area contributed by atoms with Crippen molar-refractivity contribution in [2.24, 2.45) is 0 Å². The SMILES string of the molecule is COc1ccc(S(=O)(=O)CCCC(=O)N(Cc2cccnc2)c2nc3c(OC)ccc(C)c3s2)cc1. The standard InChI is InChI=1S/C26H27N3O5S2/c1-18-8-13-22(34-3)24-25(18)35-26(28-24)29(17-19-6-4-14-27-16-19)23(30)7-5-15-36(31,32)21-11-9-20(33-2)10-12-21/h4,6,8-14,16H,5,7,15,17H2,1-3H3. The molecule has 2 aromatic heterocycles. The molecule has 0 radical (unpaired) electrons. The van der Waals surface area contributed by atoms with E-state index >= 15 is 0 Å². The minimum Gasteiger partial charge on any atom is -0.497 e. The second kappa shape index (κ2) is 11.0. The van der Waals surface area contributed by atoms with Crippen LogP contribution in [0.4, 0.5) is 5.13 Å². The van der Waals surface area contributed by atoms with Crippen LogP contribution in [0.25, 0.3) is 10.2 Å². The van der Waals surface area contributed by atoms with Gasteiger partial charge in [0.25, 0.3) is 0 Å². The summed E-state index contributed by atoms with van der Waals surface area (Å²) in [5.74, 6) is 0.869. The van der Waals surface area contributed by atoms with Crippen LogP contribution in [-0.4, -0.2) is 44.3 Å². The summed E-state index contributed by atoms with van der Waals surface area (Å²) < 4.78 is 37.0. The number of carbonyl (C=O) groups excluding carboxylic acids is 1. The van der Waals surface area contributed by atoms with Crippen molar-refractivity contribution < 1.29 is 22.7 Å². The number of aromatic nitrogens is 2. The highest BCUT2D eigenvalue weighted by molar-refractivity contribution is 7.91. The van der Waals surface area contributed by atoms with E-state index in [9.17, 15) is 13.2 Å². The van der Waals surface area contributed by atoms with Gasteiger partial charge < -0.3 is 9.47 Å². The number of hydrogen-bond acceptors (Lipinski definition) is 8. The number of anilines is 1. The van der Waals surface area contributed by atoms with Gasteiger partial charge in [-0.05, 0) is 60.9 Å². The van der Waals surface area contributed by atoms with E-state index in [1.54, 1.807) is 36.5 Å². The van der Waals surface area contributed by atoms with Crippen molar-refractivity contribution in [3.63, 3.8) is 0 Å². The second-order valence-electron chi connectivity index (χ2n) is 8.20. The molecule has 0 saturated heterocycles. The predicted octanol–water partition coefficient (Wildman–Crippen LogP) is 4.80. The Kier molecular flexibility index (Phi) is 7.85. The molecule has 0 N–H and O–H groups in total. The Balaban J connectivity index is 1.55. The normalized spacial score (nSPS) is 11.4. The summed E-state index contributed by atoms with van der Waals surface area (Å²) in [6.07, 6.45) is 3.62. The van der Waals surface area contributed by atoms with E-state index < -0.39 is 9.84 Å². The molecule has 10 heteroatoms. The lowest BCUT2D eigenvalue weighted by atomic mass is 10.2. The van der Waals surface area contributed by atoms with Crippen LogP contribution in [0.1, 0.15) is 24.0 Å². The summed E-state index contributed by atoms with van der Waals surface area (Å²) in [6.45, 7) is 2.26. The molecule has 4 aromatic rings. The topological polar surface area (TPSA) is 98.7 Å². The van der Waals surface area contributed by atoms with E-state index in [0.29, 0.717) is 22.1 Å². The number of aryl methyl sites for hydroxylation is 1. The molecule has 0 aliphatic carbocycles. The molecular weight excluding hydrogens is 498 g/mol. The third-order valence-corrected chi connectivity index (χ3v) is 8.76. The summed E-state index contributed by atoms with van der Waals surface area (Å²) in [5.41, 5.74) is 2.58. The zero-order valence-corrected chi connectivity index (χ0v) is 21.9. The van der Waals surface area contributed by atoms with Gasteiger partial charge in [-0.15, -0.1) is 0 Å². The fraction of sp³-hybridized carbons (Fsp3) is 0.269. The van der Waals surface area contributed by atoms with E-state index in [-0.39, 0.29) is 35.9 Å². The molecule has 0 aliphatic heterocycles. The summed E-state index contributed by atoms with van der Waals surface area (Å²) in [4.78, 5) is 24.1. The Hall–Kier alpha value is -3.50. The van der Waals surface area contributed by atoms with E-state index in [4.69, 9.17) is 14.5 Å². The molecule has 188 valence electrons. The number of fused-ring (bicyclic) bond motifs is 1. The van der Waals surface area contributed by atoms with Crippen LogP contribution >= 0.6 is 11.3 Å². The van der Waals surface area contributed by atoms with Crippen LogP contribution < -0.4 is 14.4 Å². The third kappa shape index (κ3) is 5.66. The molecule has 0 bridgehead atoms. The highest BCUT2D eigenvalue weighted by Crippen LogP contribution is 2.37. The van der Waals surface area contributed by atoms with Crippen molar-refractivity contribution in [2.45, 2.75) is 31.2 Å². The Bertz CT molecular complexity index is 1450. The van der Waals surface area contributed by atoms with Crippen LogP contribution in [0.3, 0.4) is 0 Å². The number of nitrogens with zero attached hydrogens (tertiary/aromatic N) is 3. The van der Waals surface area contributed by atoms with Gasteiger partial charge in [-0.3, -0.25) is 14.7 Å². The minimum absolute atomic E-state index is 0.0572. The molecule has 4 rings (SSSR count). The van der Waals surface area contributed by atoms with Gasteiger partial charge in [-0.2, -0.15) is 0 Å². The number of hydrogen-bond donors (Lipinski definition) is 0. The van der Waals surface area contributed by atoms with E-state index in [1.807, 2.05) is 31.2 Å². The number of ether oxygens (including phenoxy) is 2. The zero-order chi connectivity index (χ0) is 25.7. The first kappa shape index (κ1) is 25.6. The zero-order valence-electron chi connectivity index (χ0n) is 20.3. The third-order valence-electron chi connectivity index (χ3n) is 5.73. The van der Waals surface area contributed by atoms with Crippen molar-refractivity contribution in [3.05, 3.63) is 72.1 Å². The summed E-state index contributed by atoms with van der Waals surface area (Å²) in [6, 6.07) is 13.8. The number of rotatable bonds is 10. The fourth-order valence-electron chi connectivity index (χ4n) is 3.76. The van der Waals surface area contributed by atoms with Gasteiger partial charge in [-0.1, -0.05) is 23.5 Å². The Morgan fingerprint density at radius 3 is 2.50 bits per heavy atom. The number of methoxy groups -OCH3 is 2. The Morgan fingerprint density at radius 1 is 1.06 bits per heavy atom. The van der Waals surface area contributed by atoms with Crippen LogP contribution in [-0.2, 0) is 21.2 Å². The molecule has 0 atom stereocenters. The van der Waals surface area contributed by atoms with Gasteiger partial charge in [0, 0.05) is 18.8 Å². The molecule has 0 unspecified atom stereocenters. The molecule has 0 saturated carbocycles. The average Bonchev–Trinajstić information content (AvgIpc) is 3.34. The number of thiazole rings is 1. The molecule has 1 amide bonds. The van der Waals surface area contributed by atoms with E-state index in [0.717, 1.165) is 15.8 Å². The van der Waals surface area contributed by atoms with Crippen molar-refractivity contribution in [2.75, 3.05) is 24.9 Å². The Labute approximate surface area is 214 Å². The van der Waals surface area contributed by atoms with Crippen LogP contribution in [0.2, 0.25) is 0 Å². The fourth-order valence-corrected chi connectivity index (χ4v) is 6.14. The van der Waals surface area contributed by atoms with Gasteiger partial charge in [-0.25, -0.2) is 13.4 Å². The van der Waals surface area contributed by atoms with Crippen molar-refractivity contribution >= 4 is 42.4 Å². The van der Waals surface area contributed by atoms with Crippen molar-refractivity contribution in [1.29, 1.82) is 0 Å². The highest BCUT2D eigenvalue weighted by Gasteiger charge is 2.23. The maximum Gasteiger partial charge on any atom is 0.229 e. The summed E-state index contributed by atoms with van der Waals surface area (Å²) in [7, 11) is -0.420. The van der Waals surface area contributed by atoms with Gasteiger partial charge in [0.1, 0.15) is 17.0 Å². The Morgan fingerprint density at radius 2 is 1.83 bits per heavy atom. The lowest BCUT2D eigenvalue weighted by Crippen LogP contribution is -2.30. The summed E-state index contributed by atoms with van der Waals surface area (Å²) in [5, 5.41) is 0.532. The number of pyridine rings is 1. The number of benzene rings is 2. The lowest BCUT2D eigenvalue weighted by Gasteiger charge is -2.20. The first-order valence-electron chi connectivity index (χ1n) is 11.3. The smallest absolute Gasteiger partial charge is 0.229 e. The average molecular weight is 526 g/mol. The maximum absolute atomic E-state index is 13.4. The largest absolute Gasteiger partial charge is 0.497 e. The molecular formula is C26H27N3O5S2. The molecule has 0 aliphatic rings. The molecule has 36 heavy (non-hydrogen) atoms. The predicted molar refractivity (Wildman–Crippen MR) is 141 cm³/mol.